The number of aryl methyl sites for hydroxylation is 1. The Kier molecular flexibility index (Phi) is 5.33. The van der Waals surface area contributed by atoms with Gasteiger partial charge in [-0.25, -0.2) is 0 Å². The zero-order chi connectivity index (χ0) is 20.2. The number of hydrogen-bond donors (Lipinski definition) is 2. The predicted octanol–water partition coefficient (Wildman–Crippen LogP) is 3.67. The molecule has 0 bridgehead atoms. The highest BCUT2D eigenvalue weighted by Gasteiger charge is 2.13. The van der Waals surface area contributed by atoms with Gasteiger partial charge in [-0.05, 0) is 36.6 Å². The second-order valence-electron chi connectivity index (χ2n) is 7.06. The lowest BCUT2D eigenvalue weighted by atomic mass is 10.1. The normalized spacial score (nSPS) is 11.1. The molecular weight excluding hydrogens is 368 g/mol. The number of aromatic nitrogens is 1. The summed E-state index contributed by atoms with van der Waals surface area (Å²) in [5.74, 6) is -0.772. The average Bonchev–Trinajstić information content (AvgIpc) is 3.30. The molecular formula is C23H22N2O4. The molecule has 0 atom stereocenters. The molecule has 0 fully saturated rings. The molecule has 2 N–H and O–H groups in total. The average molecular weight is 390 g/mol. The van der Waals surface area contributed by atoms with Crippen LogP contribution in [-0.2, 0) is 27.2 Å². The highest BCUT2D eigenvalue weighted by molar-refractivity contribution is 5.87. The molecule has 0 unspecified atom stereocenters. The summed E-state index contributed by atoms with van der Waals surface area (Å²) >= 11 is 0. The maximum atomic E-state index is 12.1. The van der Waals surface area contributed by atoms with Crippen LogP contribution in [0.5, 0.6) is 0 Å². The lowest BCUT2D eigenvalue weighted by Gasteiger charge is -2.06. The van der Waals surface area contributed by atoms with Gasteiger partial charge >= 0.3 is 5.97 Å². The highest BCUT2D eigenvalue weighted by atomic mass is 16.5. The van der Waals surface area contributed by atoms with Crippen LogP contribution in [0.3, 0.4) is 0 Å². The fraction of sp³-hybridized carbons (Fsp3) is 0.217. The van der Waals surface area contributed by atoms with Crippen molar-refractivity contribution in [3.63, 3.8) is 0 Å². The first-order valence-corrected chi connectivity index (χ1v) is 9.54. The standard InChI is InChI=1S/C23H22N2O4/c1-15-6-7-19-17(13-28-21(19)10-15)11-23(27)29-14-22(26)24-9-8-16-12-25-20-5-3-2-4-18(16)20/h2-7,10,12-13,25H,8-9,11,14H2,1H3,(H,24,26). The number of furan rings is 1. The number of nitrogens with one attached hydrogen (secondary N) is 2. The topological polar surface area (TPSA) is 84.3 Å². The van der Waals surface area contributed by atoms with E-state index in [1.165, 1.54) is 0 Å². The molecule has 2 aromatic carbocycles. The highest BCUT2D eigenvalue weighted by Crippen LogP contribution is 2.23. The fourth-order valence-corrected chi connectivity index (χ4v) is 3.41. The van der Waals surface area contributed by atoms with E-state index >= 15 is 0 Å². The third-order valence-electron chi connectivity index (χ3n) is 4.90. The van der Waals surface area contributed by atoms with Gasteiger partial charge in [0.25, 0.3) is 5.91 Å². The summed E-state index contributed by atoms with van der Waals surface area (Å²) in [6.45, 7) is 2.17. The molecule has 2 aromatic heterocycles. The second kappa shape index (κ2) is 8.22. The van der Waals surface area contributed by atoms with Crippen LogP contribution in [0, 0.1) is 6.92 Å². The van der Waals surface area contributed by atoms with Gasteiger partial charge in [-0.3, -0.25) is 9.59 Å². The quantitative estimate of drug-likeness (QED) is 0.472. The van der Waals surface area contributed by atoms with E-state index in [2.05, 4.69) is 10.3 Å². The molecule has 6 nitrogen and oxygen atoms in total. The molecule has 0 aliphatic rings. The van der Waals surface area contributed by atoms with E-state index in [1.54, 1.807) is 6.26 Å². The molecule has 0 aliphatic carbocycles. The Morgan fingerprint density at radius 2 is 1.97 bits per heavy atom. The van der Waals surface area contributed by atoms with Crippen LogP contribution in [0.15, 0.2) is 59.3 Å². The molecule has 6 heteroatoms. The van der Waals surface area contributed by atoms with Gasteiger partial charge in [0.15, 0.2) is 6.61 Å². The predicted molar refractivity (Wildman–Crippen MR) is 111 cm³/mol. The van der Waals surface area contributed by atoms with E-state index < -0.39 is 5.97 Å². The zero-order valence-corrected chi connectivity index (χ0v) is 16.2. The molecule has 4 rings (SSSR count). The van der Waals surface area contributed by atoms with Crippen LogP contribution in [-0.4, -0.2) is 30.0 Å². The Hall–Kier alpha value is -3.54. The van der Waals surface area contributed by atoms with Gasteiger partial charge in [-0.2, -0.15) is 0 Å². The molecule has 0 saturated carbocycles. The molecule has 0 spiro atoms. The Bertz CT molecular complexity index is 1170. The van der Waals surface area contributed by atoms with Crippen molar-refractivity contribution in [2.24, 2.45) is 0 Å². The smallest absolute Gasteiger partial charge is 0.310 e. The Morgan fingerprint density at radius 3 is 2.86 bits per heavy atom. The Balaban J connectivity index is 1.23. The summed E-state index contributed by atoms with van der Waals surface area (Å²) in [5.41, 5.74) is 4.79. The van der Waals surface area contributed by atoms with Crippen LogP contribution >= 0.6 is 0 Å². The minimum Gasteiger partial charge on any atom is -0.464 e. The van der Waals surface area contributed by atoms with Crippen molar-refractivity contribution in [1.82, 2.24) is 10.3 Å². The molecule has 2 heterocycles. The largest absolute Gasteiger partial charge is 0.464 e. The SMILES string of the molecule is Cc1ccc2c(CC(=O)OCC(=O)NCCc3c[nH]c4ccccc34)coc2c1. The van der Waals surface area contributed by atoms with Crippen molar-refractivity contribution in [1.29, 1.82) is 0 Å². The first-order chi connectivity index (χ1) is 14.1. The van der Waals surface area contributed by atoms with Crippen molar-refractivity contribution in [3.8, 4) is 0 Å². The minimum absolute atomic E-state index is 0.0681. The molecule has 29 heavy (non-hydrogen) atoms. The van der Waals surface area contributed by atoms with Crippen LogP contribution in [0.1, 0.15) is 16.7 Å². The van der Waals surface area contributed by atoms with E-state index in [0.29, 0.717) is 13.0 Å². The van der Waals surface area contributed by atoms with Crippen molar-refractivity contribution < 1.29 is 18.7 Å². The van der Waals surface area contributed by atoms with Crippen molar-refractivity contribution >= 4 is 33.7 Å². The van der Waals surface area contributed by atoms with E-state index in [-0.39, 0.29) is 18.9 Å². The molecule has 4 aromatic rings. The number of rotatable bonds is 7. The van der Waals surface area contributed by atoms with Crippen LogP contribution < -0.4 is 5.32 Å². The summed E-state index contributed by atoms with van der Waals surface area (Å²) < 4.78 is 10.6. The number of para-hydroxylation sites is 1. The van der Waals surface area contributed by atoms with Gasteiger partial charge in [0.05, 0.1) is 12.7 Å². The lowest BCUT2D eigenvalue weighted by molar-refractivity contribution is -0.147. The number of hydrogen-bond acceptors (Lipinski definition) is 4. The van der Waals surface area contributed by atoms with Crippen LogP contribution in [0.4, 0.5) is 0 Å². The van der Waals surface area contributed by atoms with E-state index in [9.17, 15) is 9.59 Å². The Morgan fingerprint density at radius 1 is 1.10 bits per heavy atom. The number of aromatic amines is 1. The summed E-state index contributed by atoms with van der Waals surface area (Å²) in [6, 6.07) is 13.8. The van der Waals surface area contributed by atoms with Crippen molar-refractivity contribution in [3.05, 3.63) is 71.6 Å². The number of carbonyl (C=O) groups excluding carboxylic acids is 2. The van der Waals surface area contributed by atoms with Crippen LogP contribution in [0.25, 0.3) is 21.9 Å². The number of amides is 1. The van der Waals surface area contributed by atoms with Gasteiger partial charge < -0.3 is 19.5 Å². The maximum absolute atomic E-state index is 12.1. The number of H-pyrrole nitrogens is 1. The molecule has 148 valence electrons. The van der Waals surface area contributed by atoms with E-state index in [0.717, 1.165) is 38.6 Å². The van der Waals surface area contributed by atoms with Gasteiger partial charge in [0.1, 0.15) is 5.58 Å². The first kappa shape index (κ1) is 18.8. The summed E-state index contributed by atoms with van der Waals surface area (Å²) in [4.78, 5) is 27.3. The number of esters is 1. The monoisotopic (exact) mass is 390 g/mol. The number of carbonyl (C=O) groups is 2. The fourth-order valence-electron chi connectivity index (χ4n) is 3.41. The van der Waals surface area contributed by atoms with Gasteiger partial charge in [-0.15, -0.1) is 0 Å². The summed E-state index contributed by atoms with van der Waals surface area (Å²) in [6.07, 6.45) is 4.28. The molecule has 0 radical (unpaired) electrons. The number of benzene rings is 2. The second-order valence-corrected chi connectivity index (χ2v) is 7.06. The zero-order valence-electron chi connectivity index (χ0n) is 16.2. The van der Waals surface area contributed by atoms with E-state index in [4.69, 9.17) is 9.15 Å². The molecule has 0 aliphatic heterocycles. The maximum Gasteiger partial charge on any atom is 0.310 e. The molecule has 1 amide bonds. The minimum atomic E-state index is -0.458. The number of ether oxygens (including phenoxy) is 1. The van der Waals surface area contributed by atoms with Gasteiger partial charge in [-0.1, -0.05) is 30.3 Å². The van der Waals surface area contributed by atoms with Crippen molar-refractivity contribution in [2.75, 3.05) is 13.2 Å². The van der Waals surface area contributed by atoms with Crippen LogP contribution in [0.2, 0.25) is 0 Å². The third-order valence-corrected chi connectivity index (χ3v) is 4.90. The van der Waals surface area contributed by atoms with Crippen molar-refractivity contribution in [2.45, 2.75) is 19.8 Å². The third kappa shape index (κ3) is 4.32. The number of fused-ring (bicyclic) bond motifs is 2. The molecule has 0 saturated heterocycles. The summed E-state index contributed by atoms with van der Waals surface area (Å²) in [5, 5.41) is 4.82. The Labute approximate surface area is 167 Å². The summed E-state index contributed by atoms with van der Waals surface area (Å²) in [7, 11) is 0. The lowest BCUT2D eigenvalue weighted by Crippen LogP contribution is -2.30. The van der Waals surface area contributed by atoms with E-state index in [1.807, 2.05) is 55.6 Å². The first-order valence-electron chi connectivity index (χ1n) is 9.54. The van der Waals surface area contributed by atoms with Gasteiger partial charge in [0, 0.05) is 34.6 Å². The van der Waals surface area contributed by atoms with Gasteiger partial charge in [0.2, 0.25) is 0 Å².